The van der Waals surface area contributed by atoms with Crippen molar-refractivity contribution in [3.63, 3.8) is 0 Å². The third kappa shape index (κ3) is 17.2. The first-order chi connectivity index (χ1) is 43.6. The second kappa shape index (κ2) is 31.6. The molecule has 0 radical (unpaired) electrons. The number of pyridine rings is 1. The van der Waals surface area contributed by atoms with Gasteiger partial charge >= 0.3 is 0 Å². The van der Waals surface area contributed by atoms with Crippen LogP contribution in [0.4, 0.5) is 0 Å². The van der Waals surface area contributed by atoms with E-state index in [1.165, 1.54) is 54.8 Å². The minimum Gasteiger partial charge on any atom is -0.504 e. The zero-order valence-corrected chi connectivity index (χ0v) is 51.1. The van der Waals surface area contributed by atoms with E-state index in [4.69, 9.17) is 25.7 Å². The average Bonchev–Trinajstić information content (AvgIpc) is 1.72. The Morgan fingerprint density at radius 1 is 0.725 bits per heavy atom. The molecule has 0 saturated carbocycles. The molecule has 490 valence electrons. The Labute approximate surface area is 527 Å². The van der Waals surface area contributed by atoms with E-state index in [0.717, 1.165) is 39.2 Å². The van der Waals surface area contributed by atoms with Gasteiger partial charge in [0.1, 0.15) is 59.3 Å². The molecule has 3 aliphatic heterocycles. The third-order valence-electron chi connectivity index (χ3n) is 15.8. The van der Waals surface area contributed by atoms with E-state index >= 15 is 0 Å². The van der Waals surface area contributed by atoms with Crippen LogP contribution in [-0.2, 0) is 39.9 Å². The zero-order valence-electron chi connectivity index (χ0n) is 50.3. The van der Waals surface area contributed by atoms with Crippen molar-refractivity contribution in [1.82, 2.24) is 51.6 Å². The highest BCUT2D eigenvalue weighted by Crippen LogP contribution is 2.33. The fourth-order valence-corrected chi connectivity index (χ4v) is 11.6. The molecule has 30 heteroatoms. The van der Waals surface area contributed by atoms with Gasteiger partial charge in [-0.25, -0.2) is 0 Å². The average molecular weight is 1280 g/mol. The molecule has 0 spiro atoms. The molecule has 7 amide bonds. The number of nitrogens with two attached hydrogens (primary N) is 2. The largest absolute Gasteiger partial charge is 0.504 e. The number of carbonyl (C=O) groups excluding carboxylic acids is 7. The lowest BCUT2D eigenvalue weighted by molar-refractivity contribution is -0.147. The highest BCUT2D eigenvalue weighted by Gasteiger charge is 2.50. The first-order valence-electron chi connectivity index (χ1n) is 29.8. The Hall–Kier alpha value is -8.30. The molecule has 2 aromatic heterocycles. The molecule has 3 aromatic carbocycles. The van der Waals surface area contributed by atoms with E-state index < -0.39 is 152 Å². The Balaban J connectivity index is 1.06. The first kappa shape index (κ1) is 68.6. The van der Waals surface area contributed by atoms with Crippen molar-refractivity contribution < 1.29 is 83.5 Å². The number of hydrogen-bond acceptors (Lipinski definition) is 23. The number of carbonyl (C=O) groups is 7. The van der Waals surface area contributed by atoms with Gasteiger partial charge in [-0.3, -0.25) is 38.5 Å². The van der Waals surface area contributed by atoms with Crippen molar-refractivity contribution in [2.75, 3.05) is 59.7 Å². The number of aromatic nitrogens is 3. The predicted octanol–water partition coefficient (Wildman–Crippen LogP) is -2.31. The van der Waals surface area contributed by atoms with Gasteiger partial charge in [-0.05, 0) is 85.9 Å². The van der Waals surface area contributed by atoms with E-state index in [1.807, 2.05) is 48.5 Å². The number of aliphatic hydroxyl groups excluding tert-OH is 6. The maximum Gasteiger partial charge on any atom is 0.253 e. The highest BCUT2D eigenvalue weighted by atomic mass is 32.1. The topological polar surface area (TPSA) is 446 Å². The lowest BCUT2D eigenvalue weighted by atomic mass is 9.98. The molecule has 13 atom stereocenters. The van der Waals surface area contributed by atoms with Crippen molar-refractivity contribution in [1.29, 1.82) is 0 Å². The summed E-state index contributed by atoms with van der Waals surface area (Å²) in [6.07, 6.45) is -10.3. The van der Waals surface area contributed by atoms with Gasteiger partial charge in [-0.2, -0.15) is 0 Å². The number of ether oxygens (including phenoxy) is 3. The lowest BCUT2D eigenvalue weighted by Crippen LogP contribution is -2.64. The maximum atomic E-state index is 14.7. The number of benzene rings is 3. The highest BCUT2D eigenvalue weighted by molar-refractivity contribution is 7.17. The lowest BCUT2D eigenvalue weighted by Gasteiger charge is -2.34. The Bertz CT molecular complexity index is 3330. The molecule has 5 aromatic rings. The molecule has 16 N–H and O–H groups in total. The molecule has 3 saturated heterocycles. The van der Waals surface area contributed by atoms with Gasteiger partial charge in [-0.1, -0.05) is 60.7 Å². The number of phenols is 1. The summed E-state index contributed by atoms with van der Waals surface area (Å²) in [5.41, 5.74) is 14.6. The summed E-state index contributed by atoms with van der Waals surface area (Å²) in [5, 5.41) is 101. The summed E-state index contributed by atoms with van der Waals surface area (Å²) in [6.45, 7) is 2.22. The van der Waals surface area contributed by atoms with Gasteiger partial charge in [0.15, 0.2) is 16.5 Å². The molecule has 3 fully saturated rings. The van der Waals surface area contributed by atoms with Crippen molar-refractivity contribution in [3.8, 4) is 49.6 Å². The van der Waals surface area contributed by atoms with Crippen molar-refractivity contribution >= 4 is 52.7 Å². The number of β-amino-alcohol motifs (C(OH)–C–C–N with tert-alkyl or cyclic N) is 1. The molecular weight excluding hydrogens is 1200 g/mol. The van der Waals surface area contributed by atoms with Crippen LogP contribution in [-0.4, -0.2) is 235 Å². The molecule has 0 bridgehead atoms. The van der Waals surface area contributed by atoms with Gasteiger partial charge in [-0.15, -0.1) is 10.2 Å². The van der Waals surface area contributed by atoms with Gasteiger partial charge in [0.05, 0.1) is 55.4 Å². The number of nitrogens with zero attached hydrogens (tertiary/aromatic N) is 5. The predicted molar refractivity (Wildman–Crippen MR) is 327 cm³/mol. The Morgan fingerprint density at radius 2 is 1.40 bits per heavy atom. The second-order valence-electron chi connectivity index (χ2n) is 22.7. The molecule has 5 heterocycles. The summed E-state index contributed by atoms with van der Waals surface area (Å²) in [7, 11) is 1.60. The smallest absolute Gasteiger partial charge is 0.253 e. The summed E-state index contributed by atoms with van der Waals surface area (Å²) < 4.78 is 16.4. The number of amides is 7. The molecular formula is C61H78N12O17S. The number of hydrogen-bond donors (Lipinski definition) is 14. The van der Waals surface area contributed by atoms with Gasteiger partial charge < -0.3 is 97.8 Å². The van der Waals surface area contributed by atoms with Crippen LogP contribution in [0.3, 0.4) is 0 Å². The van der Waals surface area contributed by atoms with E-state index in [0.29, 0.717) is 35.3 Å². The monoisotopic (exact) mass is 1280 g/mol. The number of phenolic OH excluding ortho intramolecular Hbond substituents is 1. The fourth-order valence-electron chi connectivity index (χ4n) is 10.8. The number of aromatic hydroxyl groups is 1. The van der Waals surface area contributed by atoms with Crippen LogP contribution < -0.4 is 47.5 Å². The number of methoxy groups -OCH3 is 1. The van der Waals surface area contributed by atoms with Crippen molar-refractivity contribution in [3.05, 3.63) is 96.2 Å². The molecule has 0 aliphatic carbocycles. The Morgan fingerprint density at radius 3 is 2.07 bits per heavy atom. The zero-order chi connectivity index (χ0) is 65.6. The van der Waals surface area contributed by atoms with E-state index in [9.17, 15) is 69.3 Å². The summed E-state index contributed by atoms with van der Waals surface area (Å²) in [4.78, 5) is 108. The minimum absolute atomic E-state index is 0.00125. The van der Waals surface area contributed by atoms with E-state index in [1.54, 1.807) is 7.11 Å². The van der Waals surface area contributed by atoms with Gasteiger partial charge in [0, 0.05) is 63.7 Å². The third-order valence-corrected chi connectivity index (χ3v) is 16.8. The van der Waals surface area contributed by atoms with Crippen LogP contribution in [0, 0.1) is 5.92 Å². The first-order valence-corrected chi connectivity index (χ1v) is 30.6. The standard InChI is InChI=1S/C61H78N12O17S/c1-31-29-73-51(52(31)80)57(85)65-28-38(75)25-42(66-53(81)37-12-15-41(64-27-37)59-71-70-58(91-59)36-8-6-34(7-9-36)35-10-13-40(14-11-35)89-22-21-88-3)54(82)67-48(32(2)74)60(86)72-30-39(76)26-43(72)55(83)68-49(56(84)69-50(61(73)87)45(78)17-19-63)46(79)23-33-5-16-44(77)47(24-33)90-20-4-18-62/h5-16,24,27,31-32,38-39,42-43,45-46,48-52,74-80H,4,17-23,25-26,28-30,62-63H2,1-3H3,(H,65,85)(H,66,81)(H,67,82)(H,68,83)(H,69,84)/t31-,32+,38+,39+,42?,43-,45+,46+,48-,49-,50-,51-,52-/m0/s1. The van der Waals surface area contributed by atoms with Gasteiger partial charge in [0.2, 0.25) is 35.4 Å². The molecule has 8 rings (SSSR count). The minimum atomic E-state index is -2.05. The number of fused-ring (bicyclic) bond motifs is 2. The normalized spacial score (nSPS) is 24.8. The molecule has 29 nitrogen and oxygen atoms in total. The van der Waals surface area contributed by atoms with Crippen LogP contribution in [0.15, 0.2) is 85.1 Å². The summed E-state index contributed by atoms with van der Waals surface area (Å²) in [6, 6.07) is 11.3. The fraction of sp³-hybridized carbons (Fsp3) is 0.475. The van der Waals surface area contributed by atoms with Crippen LogP contribution >= 0.6 is 11.3 Å². The van der Waals surface area contributed by atoms with E-state index in [2.05, 4.69) is 41.8 Å². The van der Waals surface area contributed by atoms with E-state index in [-0.39, 0.29) is 55.3 Å². The number of aliphatic hydroxyl groups is 6. The quantitative estimate of drug-likeness (QED) is 0.0364. The molecule has 1 unspecified atom stereocenters. The summed E-state index contributed by atoms with van der Waals surface area (Å²) in [5.74, 6) is -8.03. The second-order valence-corrected chi connectivity index (χ2v) is 23.6. The summed E-state index contributed by atoms with van der Waals surface area (Å²) >= 11 is 1.24. The van der Waals surface area contributed by atoms with Crippen LogP contribution in [0.1, 0.15) is 55.5 Å². The number of nitrogens with one attached hydrogen (secondary N) is 5. The van der Waals surface area contributed by atoms with Crippen LogP contribution in [0.2, 0.25) is 0 Å². The molecule has 91 heavy (non-hydrogen) atoms. The van der Waals surface area contributed by atoms with Crippen molar-refractivity contribution in [2.24, 2.45) is 17.4 Å². The maximum absolute atomic E-state index is 14.7. The SMILES string of the molecule is COCCOc1ccc(-c2ccc(-c3nnc(-c4ccc(C(=O)NC5C[C@@H](O)CNC(=O)[C@@H]6[C@@H](O)[C@@H](C)CN6C(=O)[C@H]([C@H](O)CCN)NC(=O)[C@H]([C@H](O)Cc6ccc(O)c(OCCCN)c6)NC(=O)[C@@H]6C[C@@H](O)CN6C(=O)[C@H]([C@@H](C)O)NC5=O)cn4)s3)cc2)cc1. The van der Waals surface area contributed by atoms with Gasteiger partial charge in [0.25, 0.3) is 5.91 Å². The Kier molecular flexibility index (Phi) is 23.8. The van der Waals surface area contributed by atoms with Crippen LogP contribution in [0.25, 0.3) is 32.4 Å². The van der Waals surface area contributed by atoms with Crippen LogP contribution in [0.5, 0.6) is 17.2 Å². The number of rotatable bonds is 20. The van der Waals surface area contributed by atoms with Crippen molar-refractivity contribution in [2.45, 2.75) is 119 Å². The molecule has 3 aliphatic rings.